The van der Waals surface area contributed by atoms with Crippen LogP contribution in [0.2, 0.25) is 0 Å². The highest BCUT2D eigenvalue weighted by Crippen LogP contribution is 2.43. The topological polar surface area (TPSA) is 12.0 Å². The molecule has 2 aliphatic carbocycles. The fourth-order valence-corrected chi connectivity index (χ4v) is 4.24. The Hall–Kier alpha value is -0.0400. The van der Waals surface area contributed by atoms with Crippen LogP contribution in [-0.2, 0) is 0 Å². The van der Waals surface area contributed by atoms with Gasteiger partial charge in [-0.3, -0.25) is 0 Å². The molecule has 0 aromatic carbocycles. The molecule has 0 amide bonds. The van der Waals surface area contributed by atoms with Crippen molar-refractivity contribution in [2.24, 2.45) is 29.6 Å². The van der Waals surface area contributed by atoms with Gasteiger partial charge in [-0.1, -0.05) is 27.7 Å². The fourth-order valence-electron chi connectivity index (χ4n) is 4.24. The molecule has 0 spiro atoms. The van der Waals surface area contributed by atoms with E-state index in [4.69, 9.17) is 0 Å². The maximum atomic E-state index is 3.81. The third kappa shape index (κ3) is 3.47. The van der Waals surface area contributed by atoms with Gasteiger partial charge in [0, 0.05) is 6.04 Å². The highest BCUT2D eigenvalue weighted by atomic mass is 14.9. The van der Waals surface area contributed by atoms with Crippen LogP contribution in [0.4, 0.5) is 0 Å². The zero-order valence-corrected chi connectivity index (χ0v) is 12.2. The van der Waals surface area contributed by atoms with Crippen molar-refractivity contribution >= 4 is 0 Å². The second-order valence-corrected chi connectivity index (χ2v) is 6.96. The third-order valence-corrected chi connectivity index (χ3v) is 5.09. The van der Waals surface area contributed by atoms with Crippen molar-refractivity contribution in [3.63, 3.8) is 0 Å². The lowest BCUT2D eigenvalue weighted by molar-refractivity contribution is 0.141. The summed E-state index contributed by atoms with van der Waals surface area (Å²) in [5.41, 5.74) is 0. The molecule has 0 radical (unpaired) electrons. The van der Waals surface area contributed by atoms with Gasteiger partial charge >= 0.3 is 0 Å². The molecule has 0 aromatic heterocycles. The van der Waals surface area contributed by atoms with Crippen molar-refractivity contribution in [3.8, 4) is 0 Å². The summed E-state index contributed by atoms with van der Waals surface area (Å²) in [6.45, 7) is 10.8. The van der Waals surface area contributed by atoms with E-state index in [2.05, 4.69) is 33.0 Å². The summed E-state index contributed by atoms with van der Waals surface area (Å²) in [6.07, 6.45) is 7.34. The molecule has 1 nitrogen and oxygen atoms in total. The Morgan fingerprint density at radius 2 is 1.59 bits per heavy atom. The number of rotatable bonds is 5. The average molecular weight is 237 g/mol. The zero-order valence-electron chi connectivity index (χ0n) is 12.2. The lowest BCUT2D eigenvalue weighted by Crippen LogP contribution is -2.44. The molecule has 0 bridgehead atoms. The van der Waals surface area contributed by atoms with Crippen LogP contribution < -0.4 is 5.32 Å². The first-order valence-electron chi connectivity index (χ1n) is 7.85. The van der Waals surface area contributed by atoms with E-state index in [1.807, 2.05) is 0 Å². The molecule has 17 heavy (non-hydrogen) atoms. The first-order chi connectivity index (χ1) is 8.11. The average Bonchev–Trinajstić information content (AvgIpc) is 3.07. The second kappa shape index (κ2) is 5.73. The lowest BCUT2D eigenvalue weighted by Gasteiger charge is -2.39. The number of nitrogens with one attached hydrogen (secondary N) is 1. The maximum absolute atomic E-state index is 3.81. The Morgan fingerprint density at radius 1 is 1.00 bits per heavy atom. The maximum Gasteiger partial charge on any atom is 0.0124 e. The van der Waals surface area contributed by atoms with Gasteiger partial charge < -0.3 is 5.32 Å². The van der Waals surface area contributed by atoms with Gasteiger partial charge in [-0.05, 0) is 68.2 Å². The van der Waals surface area contributed by atoms with Crippen LogP contribution in [0.25, 0.3) is 0 Å². The van der Waals surface area contributed by atoms with Gasteiger partial charge in [-0.2, -0.15) is 0 Å². The summed E-state index contributed by atoms with van der Waals surface area (Å²) in [7, 11) is 0. The van der Waals surface area contributed by atoms with E-state index < -0.39 is 0 Å². The van der Waals surface area contributed by atoms with E-state index in [-0.39, 0.29) is 0 Å². The summed E-state index contributed by atoms with van der Waals surface area (Å²) < 4.78 is 0. The molecule has 1 N–H and O–H groups in total. The molecule has 4 atom stereocenters. The first kappa shape index (κ1) is 13.4. The van der Waals surface area contributed by atoms with Crippen LogP contribution in [0.5, 0.6) is 0 Å². The van der Waals surface area contributed by atoms with Crippen molar-refractivity contribution in [2.75, 3.05) is 6.54 Å². The molecule has 0 heterocycles. The van der Waals surface area contributed by atoms with Gasteiger partial charge in [-0.25, -0.2) is 0 Å². The summed E-state index contributed by atoms with van der Waals surface area (Å²) in [6, 6.07) is 0.790. The second-order valence-electron chi connectivity index (χ2n) is 6.96. The Morgan fingerprint density at radius 3 is 2.06 bits per heavy atom. The Kier molecular flexibility index (Phi) is 4.52. The van der Waals surface area contributed by atoms with Gasteiger partial charge in [0.05, 0.1) is 0 Å². The minimum Gasteiger partial charge on any atom is -0.314 e. The quantitative estimate of drug-likeness (QED) is 0.759. The molecule has 2 fully saturated rings. The molecular weight excluding hydrogens is 206 g/mol. The minimum atomic E-state index is 0.790. The zero-order chi connectivity index (χ0) is 12.4. The van der Waals surface area contributed by atoms with Crippen LogP contribution in [-0.4, -0.2) is 12.6 Å². The van der Waals surface area contributed by atoms with Crippen molar-refractivity contribution in [1.82, 2.24) is 5.32 Å². The van der Waals surface area contributed by atoms with E-state index >= 15 is 0 Å². The van der Waals surface area contributed by atoms with Gasteiger partial charge in [0.2, 0.25) is 0 Å². The standard InChI is InChI=1S/C16H31N/c1-5-17-16(13(4)14-6-7-14)15-9-11(2)8-12(3)10-15/h11-17H,5-10H2,1-4H3. The summed E-state index contributed by atoms with van der Waals surface area (Å²) >= 11 is 0. The first-order valence-corrected chi connectivity index (χ1v) is 7.85. The van der Waals surface area contributed by atoms with Crippen LogP contribution in [0.3, 0.4) is 0 Å². The Balaban J connectivity index is 1.98. The van der Waals surface area contributed by atoms with Crippen molar-refractivity contribution in [3.05, 3.63) is 0 Å². The third-order valence-electron chi connectivity index (χ3n) is 5.09. The molecule has 2 aliphatic rings. The predicted octanol–water partition coefficient (Wildman–Crippen LogP) is 4.08. The van der Waals surface area contributed by atoms with Gasteiger partial charge in [0.15, 0.2) is 0 Å². The SMILES string of the molecule is CCNC(C1CC(C)CC(C)C1)C(C)C1CC1. The number of hydrogen-bond acceptors (Lipinski definition) is 1. The molecule has 100 valence electrons. The summed E-state index contributed by atoms with van der Waals surface area (Å²) in [4.78, 5) is 0. The fraction of sp³-hybridized carbons (Fsp3) is 1.00. The number of hydrogen-bond donors (Lipinski definition) is 1. The molecule has 1 heteroatoms. The molecule has 2 rings (SSSR count). The monoisotopic (exact) mass is 237 g/mol. The van der Waals surface area contributed by atoms with E-state index in [1.165, 1.54) is 32.1 Å². The van der Waals surface area contributed by atoms with Crippen LogP contribution in [0.15, 0.2) is 0 Å². The van der Waals surface area contributed by atoms with Gasteiger partial charge in [0.1, 0.15) is 0 Å². The Labute approximate surface area is 108 Å². The van der Waals surface area contributed by atoms with Crippen LogP contribution in [0.1, 0.15) is 59.8 Å². The largest absolute Gasteiger partial charge is 0.314 e. The molecule has 2 saturated carbocycles. The van der Waals surface area contributed by atoms with Crippen LogP contribution >= 0.6 is 0 Å². The van der Waals surface area contributed by atoms with Crippen molar-refractivity contribution in [2.45, 2.75) is 65.8 Å². The van der Waals surface area contributed by atoms with Crippen molar-refractivity contribution in [1.29, 1.82) is 0 Å². The van der Waals surface area contributed by atoms with E-state index in [0.717, 1.165) is 42.2 Å². The lowest BCUT2D eigenvalue weighted by atomic mass is 9.70. The molecule has 0 aliphatic heterocycles. The predicted molar refractivity (Wildman–Crippen MR) is 75.0 cm³/mol. The van der Waals surface area contributed by atoms with E-state index in [9.17, 15) is 0 Å². The summed E-state index contributed by atoms with van der Waals surface area (Å²) in [5.74, 6) is 4.75. The van der Waals surface area contributed by atoms with Crippen molar-refractivity contribution < 1.29 is 0 Å². The smallest absolute Gasteiger partial charge is 0.0124 e. The van der Waals surface area contributed by atoms with Gasteiger partial charge in [-0.15, -0.1) is 0 Å². The Bertz CT molecular complexity index is 224. The van der Waals surface area contributed by atoms with Gasteiger partial charge in [0.25, 0.3) is 0 Å². The highest BCUT2D eigenvalue weighted by Gasteiger charge is 2.38. The van der Waals surface area contributed by atoms with E-state index in [1.54, 1.807) is 0 Å². The van der Waals surface area contributed by atoms with Crippen LogP contribution in [0, 0.1) is 29.6 Å². The van der Waals surface area contributed by atoms with E-state index in [0.29, 0.717) is 0 Å². The molecule has 0 saturated heterocycles. The minimum absolute atomic E-state index is 0.790. The molecular formula is C16H31N. The normalized spacial score (nSPS) is 37.8. The summed E-state index contributed by atoms with van der Waals surface area (Å²) in [5, 5.41) is 3.81. The highest BCUT2D eigenvalue weighted by molar-refractivity contribution is 4.92. The molecule has 4 unspecified atom stereocenters. The molecule has 0 aromatic rings.